The maximum absolute atomic E-state index is 10.8. The number of imidazole rings is 1. The molecular formula is C24H23N3O2. The zero-order chi connectivity index (χ0) is 20.1. The molecule has 0 aliphatic carbocycles. The number of aliphatic hydroxyl groups is 1. The third-order valence-corrected chi connectivity index (χ3v) is 4.77. The van der Waals surface area contributed by atoms with Crippen molar-refractivity contribution in [2.75, 3.05) is 6.61 Å². The smallest absolute Gasteiger partial charge is 0.128 e. The second kappa shape index (κ2) is 8.71. The summed E-state index contributed by atoms with van der Waals surface area (Å²) >= 11 is 0. The topological polar surface area (TPSA) is 60.2 Å². The van der Waals surface area contributed by atoms with Crippen molar-refractivity contribution in [3.63, 3.8) is 0 Å². The van der Waals surface area contributed by atoms with Crippen LogP contribution in [-0.2, 0) is 6.54 Å². The molecule has 4 rings (SSSR count). The van der Waals surface area contributed by atoms with Gasteiger partial charge >= 0.3 is 0 Å². The SMILES string of the molecule is CCOc1ccccc1-c1c(-c2ccccc2)ncn1CC(O)c1cccnc1. The van der Waals surface area contributed by atoms with Gasteiger partial charge in [-0.15, -0.1) is 0 Å². The van der Waals surface area contributed by atoms with E-state index >= 15 is 0 Å². The monoisotopic (exact) mass is 385 g/mol. The number of benzene rings is 2. The molecule has 2 aromatic heterocycles. The molecule has 2 aromatic carbocycles. The first-order valence-electron chi connectivity index (χ1n) is 9.68. The normalized spacial score (nSPS) is 11.9. The molecule has 0 aliphatic rings. The summed E-state index contributed by atoms with van der Waals surface area (Å²) in [6.07, 6.45) is 4.47. The van der Waals surface area contributed by atoms with Crippen LogP contribution in [0.15, 0.2) is 85.5 Å². The molecule has 0 amide bonds. The fraction of sp³-hybridized carbons (Fsp3) is 0.167. The van der Waals surface area contributed by atoms with E-state index in [0.717, 1.165) is 33.8 Å². The lowest BCUT2D eigenvalue weighted by molar-refractivity contribution is 0.156. The molecule has 0 spiro atoms. The Morgan fingerprint density at radius 3 is 2.55 bits per heavy atom. The molecule has 0 radical (unpaired) electrons. The summed E-state index contributed by atoms with van der Waals surface area (Å²) < 4.78 is 7.87. The quantitative estimate of drug-likeness (QED) is 0.499. The molecule has 1 N–H and O–H groups in total. The Balaban J connectivity index is 1.82. The molecular weight excluding hydrogens is 362 g/mol. The average molecular weight is 385 g/mol. The van der Waals surface area contributed by atoms with Crippen molar-refractivity contribution in [3.8, 4) is 28.3 Å². The van der Waals surface area contributed by atoms with E-state index in [1.807, 2.05) is 78.2 Å². The van der Waals surface area contributed by atoms with Gasteiger partial charge in [0, 0.05) is 29.1 Å². The summed E-state index contributed by atoms with van der Waals surface area (Å²) in [5, 5.41) is 10.8. The van der Waals surface area contributed by atoms with Crippen LogP contribution >= 0.6 is 0 Å². The molecule has 0 saturated heterocycles. The number of rotatable bonds is 7. The number of hydrogen-bond donors (Lipinski definition) is 1. The van der Waals surface area contributed by atoms with Crippen molar-refractivity contribution in [2.24, 2.45) is 0 Å². The predicted octanol–water partition coefficient (Wildman–Crippen LogP) is 4.74. The van der Waals surface area contributed by atoms with Crippen molar-refractivity contribution in [3.05, 3.63) is 91.0 Å². The Morgan fingerprint density at radius 1 is 1.00 bits per heavy atom. The summed E-state index contributed by atoms with van der Waals surface area (Å²) in [4.78, 5) is 8.81. The number of pyridine rings is 1. The highest BCUT2D eigenvalue weighted by atomic mass is 16.5. The fourth-order valence-corrected chi connectivity index (χ4v) is 3.42. The first-order chi connectivity index (χ1) is 14.3. The third kappa shape index (κ3) is 4.05. The summed E-state index contributed by atoms with van der Waals surface area (Å²) in [5.74, 6) is 0.796. The van der Waals surface area contributed by atoms with Crippen LogP contribution in [0, 0.1) is 0 Å². The van der Waals surface area contributed by atoms with Crippen LogP contribution in [0.3, 0.4) is 0 Å². The summed E-state index contributed by atoms with van der Waals surface area (Å²) in [6.45, 7) is 2.91. The minimum atomic E-state index is -0.695. The van der Waals surface area contributed by atoms with E-state index < -0.39 is 6.10 Å². The Hall–Kier alpha value is -3.44. The van der Waals surface area contributed by atoms with Gasteiger partial charge in [-0.25, -0.2) is 4.98 Å². The van der Waals surface area contributed by atoms with Crippen molar-refractivity contribution < 1.29 is 9.84 Å². The molecule has 1 unspecified atom stereocenters. The van der Waals surface area contributed by atoms with Gasteiger partial charge < -0.3 is 14.4 Å². The number of nitrogens with zero attached hydrogens (tertiary/aromatic N) is 3. The molecule has 1 atom stereocenters. The van der Waals surface area contributed by atoms with E-state index in [-0.39, 0.29) is 0 Å². The van der Waals surface area contributed by atoms with E-state index in [2.05, 4.69) is 4.98 Å². The number of para-hydroxylation sites is 1. The Morgan fingerprint density at radius 2 is 1.79 bits per heavy atom. The molecule has 5 heteroatoms. The molecule has 0 saturated carbocycles. The van der Waals surface area contributed by atoms with E-state index in [9.17, 15) is 5.11 Å². The minimum absolute atomic E-state index is 0.362. The van der Waals surface area contributed by atoms with Gasteiger partial charge in [-0.3, -0.25) is 4.98 Å². The molecule has 29 heavy (non-hydrogen) atoms. The van der Waals surface area contributed by atoms with Crippen molar-refractivity contribution in [1.29, 1.82) is 0 Å². The lowest BCUT2D eigenvalue weighted by Crippen LogP contribution is -2.10. The number of aliphatic hydroxyl groups excluding tert-OH is 1. The van der Waals surface area contributed by atoms with Gasteiger partial charge in [0.05, 0.1) is 37.0 Å². The molecule has 0 aliphatic heterocycles. The van der Waals surface area contributed by atoms with E-state index in [4.69, 9.17) is 9.72 Å². The summed E-state index contributed by atoms with van der Waals surface area (Å²) in [6, 6.07) is 21.7. The summed E-state index contributed by atoms with van der Waals surface area (Å²) in [5.41, 5.74) is 4.51. The van der Waals surface area contributed by atoms with Crippen LogP contribution in [0.5, 0.6) is 5.75 Å². The second-order valence-corrected chi connectivity index (χ2v) is 6.69. The van der Waals surface area contributed by atoms with Gasteiger partial charge in [0.2, 0.25) is 0 Å². The van der Waals surface area contributed by atoms with Crippen molar-refractivity contribution in [2.45, 2.75) is 19.6 Å². The largest absolute Gasteiger partial charge is 0.493 e. The van der Waals surface area contributed by atoms with Gasteiger partial charge in [-0.1, -0.05) is 48.5 Å². The zero-order valence-corrected chi connectivity index (χ0v) is 16.3. The van der Waals surface area contributed by atoms with E-state index in [1.54, 1.807) is 18.7 Å². The van der Waals surface area contributed by atoms with Crippen LogP contribution in [-0.4, -0.2) is 26.2 Å². The van der Waals surface area contributed by atoms with Crippen LogP contribution in [0.25, 0.3) is 22.5 Å². The predicted molar refractivity (Wildman–Crippen MR) is 113 cm³/mol. The van der Waals surface area contributed by atoms with Crippen LogP contribution < -0.4 is 4.74 Å². The van der Waals surface area contributed by atoms with Crippen LogP contribution in [0.2, 0.25) is 0 Å². The van der Waals surface area contributed by atoms with E-state index in [1.165, 1.54) is 0 Å². The highest BCUT2D eigenvalue weighted by molar-refractivity contribution is 5.81. The molecule has 146 valence electrons. The minimum Gasteiger partial charge on any atom is -0.493 e. The van der Waals surface area contributed by atoms with Crippen LogP contribution in [0.4, 0.5) is 0 Å². The first kappa shape index (κ1) is 18.9. The van der Waals surface area contributed by atoms with Crippen molar-refractivity contribution in [1.82, 2.24) is 14.5 Å². The molecule has 4 aromatic rings. The first-order valence-corrected chi connectivity index (χ1v) is 9.68. The molecule has 0 bridgehead atoms. The number of aromatic nitrogens is 3. The standard InChI is InChI=1S/C24H23N3O2/c1-2-29-22-13-7-6-12-20(22)24-23(18-9-4-3-5-10-18)26-17-27(24)16-21(28)19-11-8-14-25-15-19/h3-15,17,21,28H,2,16H2,1H3. The van der Waals surface area contributed by atoms with Gasteiger partial charge in [0.1, 0.15) is 5.75 Å². The maximum atomic E-state index is 10.8. The van der Waals surface area contributed by atoms with Gasteiger partial charge in [0.25, 0.3) is 0 Å². The highest BCUT2D eigenvalue weighted by Gasteiger charge is 2.20. The summed E-state index contributed by atoms with van der Waals surface area (Å²) in [7, 11) is 0. The zero-order valence-electron chi connectivity index (χ0n) is 16.3. The second-order valence-electron chi connectivity index (χ2n) is 6.69. The maximum Gasteiger partial charge on any atom is 0.128 e. The Kier molecular flexibility index (Phi) is 5.68. The fourth-order valence-electron chi connectivity index (χ4n) is 3.42. The van der Waals surface area contributed by atoms with Gasteiger partial charge in [-0.2, -0.15) is 0 Å². The Labute approximate surface area is 170 Å². The third-order valence-electron chi connectivity index (χ3n) is 4.77. The lowest BCUT2D eigenvalue weighted by Gasteiger charge is -2.17. The molecule has 0 fully saturated rings. The lowest BCUT2D eigenvalue weighted by atomic mass is 10.0. The van der Waals surface area contributed by atoms with Gasteiger partial charge in [-0.05, 0) is 25.1 Å². The average Bonchev–Trinajstić information content (AvgIpc) is 3.19. The Bertz CT molecular complexity index is 1060. The number of ether oxygens (including phenoxy) is 1. The molecule has 2 heterocycles. The van der Waals surface area contributed by atoms with Crippen molar-refractivity contribution >= 4 is 0 Å². The van der Waals surface area contributed by atoms with Gasteiger partial charge in [0.15, 0.2) is 0 Å². The highest BCUT2D eigenvalue weighted by Crippen LogP contribution is 2.37. The van der Waals surface area contributed by atoms with Crippen LogP contribution in [0.1, 0.15) is 18.6 Å². The molecule has 5 nitrogen and oxygen atoms in total. The van der Waals surface area contributed by atoms with E-state index in [0.29, 0.717) is 13.2 Å². The number of hydrogen-bond acceptors (Lipinski definition) is 4.